The minimum absolute atomic E-state index is 0.235. The highest BCUT2D eigenvalue weighted by Gasteiger charge is 2.18. The van der Waals surface area contributed by atoms with Gasteiger partial charge in [-0.15, -0.1) is 0 Å². The minimum atomic E-state index is -0.294. The predicted molar refractivity (Wildman–Crippen MR) is 67.6 cm³/mol. The third-order valence-electron chi connectivity index (χ3n) is 3.04. The molecule has 0 fully saturated rings. The molecule has 1 unspecified atom stereocenters. The summed E-state index contributed by atoms with van der Waals surface area (Å²) in [6.45, 7) is 0. The van der Waals surface area contributed by atoms with Crippen molar-refractivity contribution in [3.05, 3.63) is 45.7 Å². The average Bonchev–Trinajstić information content (AvgIpc) is 2.33. The van der Waals surface area contributed by atoms with Crippen LogP contribution in [0.15, 0.2) is 34.3 Å². The standard InChI is InChI=1S/C13H15BrFN/c14-11-8-4-7-10(12(11)15)13(16)9-5-2-1-3-6-9/h4-5,7-8,13H,1-3,6,16H2. The molecule has 1 aliphatic carbocycles. The van der Waals surface area contributed by atoms with Crippen LogP contribution in [0.4, 0.5) is 4.39 Å². The molecule has 0 saturated carbocycles. The molecule has 0 aliphatic heterocycles. The largest absolute Gasteiger partial charge is 0.320 e. The van der Waals surface area contributed by atoms with Crippen molar-refractivity contribution in [3.8, 4) is 0 Å². The highest BCUT2D eigenvalue weighted by Crippen LogP contribution is 2.31. The van der Waals surface area contributed by atoms with Crippen LogP contribution in [0.5, 0.6) is 0 Å². The summed E-state index contributed by atoms with van der Waals surface area (Å²) >= 11 is 3.19. The van der Waals surface area contributed by atoms with Crippen LogP contribution >= 0.6 is 15.9 Å². The molecule has 1 aromatic rings. The topological polar surface area (TPSA) is 26.0 Å². The lowest BCUT2D eigenvalue weighted by molar-refractivity contribution is 0.577. The first-order valence-corrected chi connectivity index (χ1v) is 6.38. The van der Waals surface area contributed by atoms with Gasteiger partial charge in [0.1, 0.15) is 5.82 Å². The second-order valence-corrected chi connectivity index (χ2v) is 5.00. The zero-order chi connectivity index (χ0) is 11.5. The summed E-state index contributed by atoms with van der Waals surface area (Å²) in [6.07, 6.45) is 6.60. The normalized spacial score (nSPS) is 18.1. The van der Waals surface area contributed by atoms with Gasteiger partial charge in [0, 0.05) is 5.56 Å². The fourth-order valence-electron chi connectivity index (χ4n) is 2.11. The molecule has 3 heteroatoms. The Kier molecular flexibility index (Phi) is 3.77. The monoisotopic (exact) mass is 283 g/mol. The van der Waals surface area contributed by atoms with Gasteiger partial charge in [0.05, 0.1) is 10.5 Å². The molecule has 0 heterocycles. The summed E-state index contributed by atoms with van der Waals surface area (Å²) in [6, 6.07) is 4.99. The first-order valence-electron chi connectivity index (χ1n) is 5.58. The van der Waals surface area contributed by atoms with E-state index in [9.17, 15) is 4.39 Å². The summed E-state index contributed by atoms with van der Waals surface area (Å²) < 4.78 is 14.3. The van der Waals surface area contributed by atoms with Crippen LogP contribution in [0.2, 0.25) is 0 Å². The van der Waals surface area contributed by atoms with Crippen molar-refractivity contribution in [2.75, 3.05) is 0 Å². The van der Waals surface area contributed by atoms with Gasteiger partial charge >= 0.3 is 0 Å². The van der Waals surface area contributed by atoms with E-state index in [1.165, 1.54) is 12.0 Å². The van der Waals surface area contributed by atoms with E-state index < -0.39 is 0 Å². The highest BCUT2D eigenvalue weighted by molar-refractivity contribution is 9.10. The van der Waals surface area contributed by atoms with Gasteiger partial charge in [-0.25, -0.2) is 4.39 Å². The molecule has 0 saturated heterocycles. The molecule has 2 N–H and O–H groups in total. The maximum atomic E-state index is 13.9. The van der Waals surface area contributed by atoms with Gasteiger partial charge in [-0.1, -0.05) is 23.8 Å². The van der Waals surface area contributed by atoms with E-state index in [2.05, 4.69) is 22.0 Å². The van der Waals surface area contributed by atoms with Gasteiger partial charge in [-0.05, 0) is 47.7 Å². The summed E-state index contributed by atoms with van der Waals surface area (Å²) in [5, 5.41) is 0. The number of benzene rings is 1. The van der Waals surface area contributed by atoms with Gasteiger partial charge < -0.3 is 5.73 Å². The van der Waals surface area contributed by atoms with Crippen LogP contribution in [-0.4, -0.2) is 0 Å². The molecule has 0 spiro atoms. The first kappa shape index (κ1) is 11.8. The molecule has 16 heavy (non-hydrogen) atoms. The van der Waals surface area contributed by atoms with Crippen LogP contribution in [0.25, 0.3) is 0 Å². The Labute approximate surface area is 104 Å². The van der Waals surface area contributed by atoms with Crippen molar-refractivity contribution in [1.82, 2.24) is 0 Å². The lowest BCUT2D eigenvalue weighted by Gasteiger charge is -2.20. The van der Waals surface area contributed by atoms with E-state index in [-0.39, 0.29) is 11.9 Å². The number of rotatable bonds is 2. The Bertz CT molecular complexity index is 414. The second kappa shape index (κ2) is 5.11. The number of halogens is 2. The molecule has 0 amide bonds. The molecule has 1 aliphatic rings. The number of nitrogens with two attached hydrogens (primary N) is 1. The SMILES string of the molecule is NC(C1=CCCCC1)c1cccc(Br)c1F. The predicted octanol–water partition coefficient (Wildman–Crippen LogP) is 4.09. The quantitative estimate of drug-likeness (QED) is 0.813. The summed E-state index contributed by atoms with van der Waals surface area (Å²) in [5.41, 5.74) is 7.87. The third kappa shape index (κ3) is 2.36. The first-order chi connectivity index (χ1) is 7.70. The summed E-state index contributed by atoms with van der Waals surface area (Å²) in [4.78, 5) is 0. The van der Waals surface area contributed by atoms with Gasteiger partial charge in [0.15, 0.2) is 0 Å². The van der Waals surface area contributed by atoms with Crippen LogP contribution in [0.3, 0.4) is 0 Å². The molecular weight excluding hydrogens is 269 g/mol. The maximum Gasteiger partial charge on any atom is 0.142 e. The minimum Gasteiger partial charge on any atom is -0.320 e. The molecule has 86 valence electrons. The fraction of sp³-hybridized carbons (Fsp3) is 0.385. The molecule has 1 aromatic carbocycles. The van der Waals surface area contributed by atoms with Gasteiger partial charge in [0.25, 0.3) is 0 Å². The van der Waals surface area contributed by atoms with E-state index >= 15 is 0 Å². The smallest absolute Gasteiger partial charge is 0.142 e. The molecule has 0 bridgehead atoms. The summed E-state index contributed by atoms with van der Waals surface area (Å²) in [7, 11) is 0. The Morgan fingerprint density at radius 1 is 1.31 bits per heavy atom. The van der Waals surface area contributed by atoms with Crippen LogP contribution in [0, 0.1) is 5.82 Å². The van der Waals surface area contributed by atoms with Crippen LogP contribution in [-0.2, 0) is 0 Å². The zero-order valence-electron chi connectivity index (χ0n) is 9.05. The number of hydrogen-bond acceptors (Lipinski definition) is 1. The van der Waals surface area contributed by atoms with Gasteiger partial charge in [-0.2, -0.15) is 0 Å². The fourth-order valence-corrected chi connectivity index (χ4v) is 2.49. The van der Waals surface area contributed by atoms with Crippen molar-refractivity contribution in [3.63, 3.8) is 0 Å². The van der Waals surface area contributed by atoms with Crippen molar-refractivity contribution in [2.24, 2.45) is 5.73 Å². The van der Waals surface area contributed by atoms with Gasteiger partial charge in [-0.3, -0.25) is 0 Å². The third-order valence-corrected chi connectivity index (χ3v) is 3.65. The number of allylic oxidation sites excluding steroid dienone is 1. The van der Waals surface area contributed by atoms with Crippen molar-refractivity contribution in [2.45, 2.75) is 31.7 Å². The Morgan fingerprint density at radius 2 is 2.12 bits per heavy atom. The second-order valence-electron chi connectivity index (χ2n) is 4.15. The lowest BCUT2D eigenvalue weighted by atomic mass is 9.90. The summed E-state index contributed by atoms with van der Waals surface area (Å²) in [5.74, 6) is -0.235. The number of hydrogen-bond donors (Lipinski definition) is 1. The van der Waals surface area contributed by atoms with Gasteiger partial charge in [0.2, 0.25) is 0 Å². The van der Waals surface area contributed by atoms with E-state index in [0.717, 1.165) is 19.3 Å². The Hall–Kier alpha value is -0.670. The van der Waals surface area contributed by atoms with E-state index in [1.54, 1.807) is 12.1 Å². The molecule has 0 aromatic heterocycles. The molecular formula is C13H15BrFN. The zero-order valence-corrected chi connectivity index (χ0v) is 10.6. The highest BCUT2D eigenvalue weighted by atomic mass is 79.9. The van der Waals surface area contributed by atoms with E-state index in [0.29, 0.717) is 10.0 Å². The Morgan fingerprint density at radius 3 is 2.81 bits per heavy atom. The van der Waals surface area contributed by atoms with E-state index in [4.69, 9.17) is 5.73 Å². The molecule has 2 rings (SSSR count). The van der Waals surface area contributed by atoms with E-state index in [1.807, 2.05) is 6.07 Å². The molecule has 0 radical (unpaired) electrons. The van der Waals surface area contributed by atoms with Crippen LogP contribution < -0.4 is 5.73 Å². The lowest BCUT2D eigenvalue weighted by Crippen LogP contribution is -2.16. The van der Waals surface area contributed by atoms with Crippen molar-refractivity contribution in [1.29, 1.82) is 0 Å². The van der Waals surface area contributed by atoms with Crippen molar-refractivity contribution < 1.29 is 4.39 Å². The molecule has 1 atom stereocenters. The van der Waals surface area contributed by atoms with Crippen molar-refractivity contribution >= 4 is 15.9 Å². The average molecular weight is 284 g/mol. The maximum absolute atomic E-state index is 13.9. The van der Waals surface area contributed by atoms with Crippen LogP contribution in [0.1, 0.15) is 37.3 Å². The Balaban J connectivity index is 2.29. The molecule has 1 nitrogen and oxygen atoms in total.